The van der Waals surface area contributed by atoms with Gasteiger partial charge in [0, 0.05) is 24.3 Å². The second-order valence-electron chi connectivity index (χ2n) is 6.64. The largest absolute Gasteiger partial charge is 0.336 e. The molecule has 140 valence electrons. The van der Waals surface area contributed by atoms with Crippen molar-refractivity contribution in [2.75, 3.05) is 13.1 Å². The highest BCUT2D eigenvalue weighted by molar-refractivity contribution is 7.92. The van der Waals surface area contributed by atoms with Gasteiger partial charge in [-0.3, -0.25) is 9.20 Å². The van der Waals surface area contributed by atoms with Crippen molar-refractivity contribution in [3.63, 3.8) is 0 Å². The molecule has 3 heterocycles. The minimum atomic E-state index is -3.52. The van der Waals surface area contributed by atoms with Gasteiger partial charge in [-0.1, -0.05) is 17.7 Å². The molecule has 1 aliphatic heterocycles. The fourth-order valence-corrected chi connectivity index (χ4v) is 5.32. The van der Waals surface area contributed by atoms with E-state index in [0.717, 1.165) is 0 Å². The van der Waals surface area contributed by atoms with Gasteiger partial charge in [0.2, 0.25) is 0 Å². The molecule has 1 aliphatic rings. The monoisotopic (exact) mass is 403 g/mol. The molecule has 1 aromatic carbocycles. The number of sulfone groups is 1. The van der Waals surface area contributed by atoms with Crippen LogP contribution in [-0.4, -0.2) is 46.9 Å². The Kier molecular flexibility index (Phi) is 4.44. The Balaban J connectivity index is 1.60. The van der Waals surface area contributed by atoms with Gasteiger partial charge in [-0.05, 0) is 49.7 Å². The third-order valence-corrected chi connectivity index (χ3v) is 7.36. The van der Waals surface area contributed by atoms with Crippen LogP contribution in [0.1, 0.15) is 22.6 Å². The number of nitrogens with zero attached hydrogens (tertiary/aromatic N) is 3. The van der Waals surface area contributed by atoms with Crippen LogP contribution < -0.4 is 0 Å². The van der Waals surface area contributed by atoms with E-state index in [4.69, 9.17) is 11.6 Å². The molecule has 1 saturated heterocycles. The van der Waals surface area contributed by atoms with Crippen LogP contribution in [0.15, 0.2) is 53.6 Å². The Morgan fingerprint density at radius 3 is 2.67 bits per heavy atom. The van der Waals surface area contributed by atoms with Gasteiger partial charge in [-0.15, -0.1) is 0 Å². The first kappa shape index (κ1) is 18.0. The van der Waals surface area contributed by atoms with E-state index in [1.54, 1.807) is 34.6 Å². The molecule has 1 amide bonds. The highest BCUT2D eigenvalue weighted by atomic mass is 35.5. The number of halogens is 1. The number of fused-ring (bicyclic) bond motifs is 1. The molecule has 8 heteroatoms. The lowest BCUT2D eigenvalue weighted by Crippen LogP contribution is -2.33. The minimum Gasteiger partial charge on any atom is -0.336 e. The third kappa shape index (κ3) is 3.11. The quantitative estimate of drug-likeness (QED) is 0.674. The zero-order valence-corrected chi connectivity index (χ0v) is 16.2. The van der Waals surface area contributed by atoms with Crippen molar-refractivity contribution in [3.8, 4) is 0 Å². The van der Waals surface area contributed by atoms with Crippen LogP contribution in [0.25, 0.3) is 5.65 Å². The predicted molar refractivity (Wildman–Crippen MR) is 103 cm³/mol. The van der Waals surface area contributed by atoms with Gasteiger partial charge in [-0.25, -0.2) is 13.4 Å². The first-order valence-electron chi connectivity index (χ1n) is 8.60. The van der Waals surface area contributed by atoms with Crippen LogP contribution >= 0.6 is 11.6 Å². The van der Waals surface area contributed by atoms with E-state index in [2.05, 4.69) is 4.98 Å². The Morgan fingerprint density at radius 2 is 1.93 bits per heavy atom. The van der Waals surface area contributed by atoms with Crippen molar-refractivity contribution in [3.05, 3.63) is 65.1 Å². The maximum Gasteiger partial charge on any atom is 0.272 e. The van der Waals surface area contributed by atoms with Gasteiger partial charge in [0.1, 0.15) is 11.3 Å². The molecule has 3 aromatic rings. The summed E-state index contributed by atoms with van der Waals surface area (Å²) in [5.41, 5.74) is 1.81. The Bertz CT molecular complexity index is 1120. The Hall–Kier alpha value is -2.38. The summed E-state index contributed by atoms with van der Waals surface area (Å²) in [4.78, 5) is 19.3. The van der Waals surface area contributed by atoms with Gasteiger partial charge in [0.15, 0.2) is 9.84 Å². The van der Waals surface area contributed by atoms with Crippen LogP contribution in [0.5, 0.6) is 0 Å². The van der Waals surface area contributed by atoms with Crippen LogP contribution in [-0.2, 0) is 9.84 Å². The fourth-order valence-electron chi connectivity index (χ4n) is 3.50. The SMILES string of the molecule is Cc1nc2ccccn2c1C(=O)N1CCC(S(=O)(=O)c2ccc(Cl)cc2)C1. The van der Waals surface area contributed by atoms with E-state index >= 15 is 0 Å². The number of rotatable bonds is 3. The van der Waals surface area contributed by atoms with Gasteiger partial charge in [0.05, 0.1) is 15.8 Å². The molecule has 27 heavy (non-hydrogen) atoms. The summed E-state index contributed by atoms with van der Waals surface area (Å²) in [6.45, 7) is 2.36. The normalized spacial score (nSPS) is 17.6. The Morgan fingerprint density at radius 1 is 1.19 bits per heavy atom. The maximum absolute atomic E-state index is 13.0. The first-order chi connectivity index (χ1) is 12.9. The lowest BCUT2D eigenvalue weighted by molar-refractivity contribution is 0.0785. The molecule has 4 rings (SSSR count). The number of aryl methyl sites for hydroxylation is 1. The number of aromatic nitrogens is 2. The molecular formula is C19H18ClN3O3S. The van der Waals surface area contributed by atoms with Gasteiger partial charge in [0.25, 0.3) is 5.91 Å². The van der Waals surface area contributed by atoms with Crippen molar-refractivity contribution in [1.29, 1.82) is 0 Å². The lowest BCUT2D eigenvalue weighted by atomic mass is 10.3. The van der Waals surface area contributed by atoms with Crippen molar-refractivity contribution >= 4 is 33.0 Å². The molecular weight excluding hydrogens is 386 g/mol. The summed E-state index contributed by atoms with van der Waals surface area (Å²) in [6.07, 6.45) is 2.20. The van der Waals surface area contributed by atoms with Crippen molar-refractivity contribution in [2.24, 2.45) is 0 Å². The smallest absolute Gasteiger partial charge is 0.272 e. The fraction of sp³-hybridized carbons (Fsp3) is 0.263. The second-order valence-corrected chi connectivity index (χ2v) is 9.30. The van der Waals surface area contributed by atoms with E-state index in [-0.39, 0.29) is 17.3 Å². The zero-order valence-electron chi connectivity index (χ0n) is 14.7. The van der Waals surface area contributed by atoms with E-state index in [1.807, 2.05) is 18.2 Å². The number of carbonyl (C=O) groups excluding carboxylic acids is 1. The zero-order chi connectivity index (χ0) is 19.2. The average molecular weight is 404 g/mol. The highest BCUT2D eigenvalue weighted by Gasteiger charge is 2.37. The summed E-state index contributed by atoms with van der Waals surface area (Å²) >= 11 is 5.85. The van der Waals surface area contributed by atoms with Crippen LogP contribution in [0, 0.1) is 6.92 Å². The molecule has 0 N–H and O–H groups in total. The maximum atomic E-state index is 13.0. The number of carbonyl (C=O) groups is 1. The molecule has 0 spiro atoms. The third-order valence-electron chi connectivity index (χ3n) is 4.92. The van der Waals surface area contributed by atoms with Crippen molar-refractivity contribution in [2.45, 2.75) is 23.5 Å². The molecule has 1 unspecified atom stereocenters. The summed E-state index contributed by atoms with van der Waals surface area (Å²) in [7, 11) is -3.52. The van der Waals surface area contributed by atoms with E-state index in [0.29, 0.717) is 35.0 Å². The molecule has 1 atom stereocenters. The molecule has 6 nitrogen and oxygen atoms in total. The number of imidazole rings is 1. The summed E-state index contributed by atoms with van der Waals surface area (Å²) in [5, 5.41) is -0.137. The molecule has 2 aromatic heterocycles. The molecule has 0 saturated carbocycles. The molecule has 1 fully saturated rings. The van der Waals surface area contributed by atoms with E-state index < -0.39 is 15.1 Å². The van der Waals surface area contributed by atoms with Gasteiger partial charge >= 0.3 is 0 Å². The number of benzene rings is 1. The summed E-state index contributed by atoms with van der Waals surface area (Å²) in [5.74, 6) is -0.194. The van der Waals surface area contributed by atoms with Crippen molar-refractivity contribution < 1.29 is 13.2 Å². The molecule has 0 bridgehead atoms. The number of pyridine rings is 1. The van der Waals surface area contributed by atoms with Crippen LogP contribution in [0.3, 0.4) is 0 Å². The topological polar surface area (TPSA) is 71.8 Å². The van der Waals surface area contributed by atoms with Crippen molar-refractivity contribution in [1.82, 2.24) is 14.3 Å². The Labute approximate surface area is 162 Å². The highest BCUT2D eigenvalue weighted by Crippen LogP contribution is 2.26. The van der Waals surface area contributed by atoms with Crippen LogP contribution in [0.4, 0.5) is 0 Å². The first-order valence-corrected chi connectivity index (χ1v) is 10.5. The number of hydrogen-bond donors (Lipinski definition) is 0. The number of likely N-dealkylation sites (tertiary alicyclic amines) is 1. The lowest BCUT2D eigenvalue weighted by Gasteiger charge is -2.17. The molecule has 0 radical (unpaired) electrons. The van der Waals surface area contributed by atoms with Gasteiger partial charge in [-0.2, -0.15) is 0 Å². The summed E-state index contributed by atoms with van der Waals surface area (Å²) in [6, 6.07) is 11.7. The minimum absolute atomic E-state index is 0.170. The van der Waals surface area contributed by atoms with Crippen LogP contribution in [0.2, 0.25) is 5.02 Å². The van der Waals surface area contributed by atoms with Gasteiger partial charge < -0.3 is 4.90 Å². The molecule has 0 aliphatic carbocycles. The number of hydrogen-bond acceptors (Lipinski definition) is 4. The standard InChI is InChI=1S/C19H18ClN3O3S/c1-13-18(23-10-3-2-4-17(23)21-13)19(24)22-11-9-16(12-22)27(25,26)15-7-5-14(20)6-8-15/h2-8,10,16H,9,11-12H2,1H3. The average Bonchev–Trinajstić information content (AvgIpc) is 3.26. The van der Waals surface area contributed by atoms with E-state index in [1.165, 1.54) is 12.1 Å². The second kappa shape index (κ2) is 6.65. The number of amides is 1. The van der Waals surface area contributed by atoms with E-state index in [9.17, 15) is 13.2 Å². The predicted octanol–water partition coefficient (Wildman–Crippen LogP) is 2.98. The summed E-state index contributed by atoms with van der Waals surface area (Å²) < 4.78 is 27.5.